The fourth-order valence-corrected chi connectivity index (χ4v) is 4.40. The van der Waals surface area contributed by atoms with Crippen molar-refractivity contribution >= 4 is 17.5 Å². The van der Waals surface area contributed by atoms with E-state index in [0.717, 1.165) is 11.1 Å². The Morgan fingerprint density at radius 1 is 1.25 bits per heavy atom. The molecule has 126 valence electrons. The molecule has 5 nitrogen and oxygen atoms in total. The largest absolute Gasteiger partial charge is 0.466 e. The molecule has 0 saturated carbocycles. The molecule has 3 aliphatic heterocycles. The van der Waals surface area contributed by atoms with Gasteiger partial charge in [-0.15, -0.1) is 0 Å². The van der Waals surface area contributed by atoms with E-state index in [1.807, 2.05) is 43.3 Å². The Morgan fingerprint density at radius 2 is 2.00 bits per heavy atom. The van der Waals surface area contributed by atoms with Crippen LogP contribution in [0.1, 0.15) is 25.8 Å². The summed E-state index contributed by atoms with van der Waals surface area (Å²) in [5.41, 5.74) is 1.08. The van der Waals surface area contributed by atoms with E-state index >= 15 is 0 Å². The molecule has 0 aromatic heterocycles. The lowest BCUT2D eigenvalue weighted by Gasteiger charge is -2.32. The first-order chi connectivity index (χ1) is 11.6. The topological polar surface area (TPSA) is 61.8 Å². The van der Waals surface area contributed by atoms with E-state index in [4.69, 9.17) is 14.2 Å². The summed E-state index contributed by atoms with van der Waals surface area (Å²) >= 11 is 0. The minimum absolute atomic E-state index is 0.281. The van der Waals surface area contributed by atoms with E-state index in [2.05, 4.69) is 0 Å². The number of hydrogen-bond acceptors (Lipinski definition) is 5. The molecule has 5 heteroatoms. The maximum Gasteiger partial charge on any atom is 0.313 e. The van der Waals surface area contributed by atoms with E-state index < -0.39 is 23.5 Å². The summed E-state index contributed by atoms with van der Waals surface area (Å²) in [6, 6.07) is 9.85. The van der Waals surface area contributed by atoms with Crippen LogP contribution in [0.25, 0.3) is 5.57 Å². The highest BCUT2D eigenvalue weighted by molar-refractivity contribution is 5.94. The van der Waals surface area contributed by atoms with Crippen molar-refractivity contribution in [3.05, 3.63) is 42.0 Å². The number of fused-ring (bicyclic) bond motifs is 1. The normalized spacial score (nSPS) is 36.2. The molecule has 4 rings (SSSR count). The lowest BCUT2D eigenvalue weighted by molar-refractivity contribution is -0.158. The van der Waals surface area contributed by atoms with Gasteiger partial charge in [-0.1, -0.05) is 37.3 Å². The fourth-order valence-electron chi connectivity index (χ4n) is 4.40. The number of esters is 2. The molecule has 3 aliphatic rings. The number of hydrogen-bond donors (Lipinski definition) is 0. The first-order valence-corrected chi connectivity index (χ1v) is 8.46. The Hall–Kier alpha value is -2.14. The summed E-state index contributed by atoms with van der Waals surface area (Å²) < 4.78 is 17.0. The van der Waals surface area contributed by atoms with Crippen LogP contribution in [-0.4, -0.2) is 36.4 Å². The maximum atomic E-state index is 12.6. The van der Waals surface area contributed by atoms with Crippen LogP contribution in [0.4, 0.5) is 0 Å². The van der Waals surface area contributed by atoms with Gasteiger partial charge >= 0.3 is 11.9 Å². The highest BCUT2D eigenvalue weighted by Crippen LogP contribution is 2.60. The predicted octanol–water partition coefficient (Wildman–Crippen LogP) is 2.35. The number of carbonyl (C=O) groups is 2. The Kier molecular flexibility index (Phi) is 3.49. The third-order valence-corrected chi connectivity index (χ3v) is 5.26. The van der Waals surface area contributed by atoms with Crippen LogP contribution < -0.4 is 0 Å². The zero-order chi connectivity index (χ0) is 16.9. The standard InChI is InChI=1S/C19H20O5/c1-3-14-19-12(11-8-6-5-7-9-11)10-13(24-19)15(17(20)22-4-2)16(19)18(21)23-14/h5-10,13-16H,3-4H2,1-2H3/t13-,14+,15+,16+,19-/m0/s1. The van der Waals surface area contributed by atoms with Gasteiger partial charge in [0.05, 0.1) is 12.7 Å². The van der Waals surface area contributed by atoms with Crippen LogP contribution in [0.5, 0.6) is 0 Å². The second-order valence-corrected chi connectivity index (χ2v) is 6.41. The molecule has 0 unspecified atom stereocenters. The summed E-state index contributed by atoms with van der Waals surface area (Å²) in [5.74, 6) is -2.00. The molecule has 0 amide bonds. The van der Waals surface area contributed by atoms with Gasteiger partial charge in [-0.2, -0.15) is 0 Å². The van der Waals surface area contributed by atoms with E-state index in [-0.39, 0.29) is 24.6 Å². The van der Waals surface area contributed by atoms with Gasteiger partial charge in [0.15, 0.2) is 0 Å². The van der Waals surface area contributed by atoms with Crippen molar-refractivity contribution in [1.82, 2.24) is 0 Å². The van der Waals surface area contributed by atoms with Crippen LogP contribution >= 0.6 is 0 Å². The summed E-state index contributed by atoms with van der Waals surface area (Å²) in [5, 5.41) is 0. The second kappa shape index (κ2) is 5.45. The molecule has 1 aromatic rings. The van der Waals surface area contributed by atoms with Crippen LogP contribution in [0.2, 0.25) is 0 Å². The molecule has 0 radical (unpaired) electrons. The smallest absolute Gasteiger partial charge is 0.313 e. The van der Waals surface area contributed by atoms with Crippen LogP contribution in [-0.2, 0) is 23.8 Å². The first-order valence-electron chi connectivity index (χ1n) is 8.46. The average Bonchev–Trinajstić information content (AvgIpc) is 3.22. The van der Waals surface area contributed by atoms with Gasteiger partial charge in [-0.05, 0) is 30.6 Å². The third kappa shape index (κ3) is 1.85. The lowest BCUT2D eigenvalue weighted by Crippen LogP contribution is -2.45. The van der Waals surface area contributed by atoms with Gasteiger partial charge in [0.2, 0.25) is 0 Å². The zero-order valence-electron chi connectivity index (χ0n) is 13.7. The molecule has 5 atom stereocenters. The monoisotopic (exact) mass is 328 g/mol. The Labute approximate surface area is 140 Å². The maximum absolute atomic E-state index is 12.6. The van der Waals surface area contributed by atoms with E-state index in [1.54, 1.807) is 6.92 Å². The molecule has 2 fully saturated rings. The fraction of sp³-hybridized carbons (Fsp3) is 0.474. The van der Waals surface area contributed by atoms with Gasteiger partial charge in [-0.3, -0.25) is 9.59 Å². The number of cyclic esters (lactones) is 1. The summed E-state index contributed by atoms with van der Waals surface area (Å²) in [6.45, 7) is 4.00. The molecule has 24 heavy (non-hydrogen) atoms. The molecular formula is C19H20O5. The van der Waals surface area contributed by atoms with Crippen LogP contribution in [0.15, 0.2) is 36.4 Å². The molecule has 1 aromatic carbocycles. The third-order valence-electron chi connectivity index (χ3n) is 5.26. The van der Waals surface area contributed by atoms with Crippen molar-refractivity contribution in [2.75, 3.05) is 6.61 Å². The zero-order valence-corrected chi connectivity index (χ0v) is 13.7. The van der Waals surface area contributed by atoms with E-state index in [9.17, 15) is 9.59 Å². The molecule has 0 aliphatic carbocycles. The SMILES string of the molecule is CCOC(=O)[C@@H]1[C@@H]2C=C(c3ccccc3)[C@]3(O2)[C@@H](CC)OC(=O)[C@@H]13. The van der Waals surface area contributed by atoms with Crippen molar-refractivity contribution < 1.29 is 23.8 Å². The van der Waals surface area contributed by atoms with Gasteiger partial charge in [0, 0.05) is 0 Å². The van der Waals surface area contributed by atoms with E-state index in [0.29, 0.717) is 6.42 Å². The number of benzene rings is 1. The summed E-state index contributed by atoms with van der Waals surface area (Å²) in [6.07, 6.45) is 1.78. The van der Waals surface area contributed by atoms with Crippen molar-refractivity contribution in [3.63, 3.8) is 0 Å². The van der Waals surface area contributed by atoms with E-state index in [1.165, 1.54) is 0 Å². The molecule has 3 heterocycles. The Bertz CT molecular complexity index is 710. The van der Waals surface area contributed by atoms with Gasteiger partial charge in [-0.25, -0.2) is 0 Å². The van der Waals surface area contributed by atoms with Crippen molar-refractivity contribution in [2.24, 2.45) is 11.8 Å². The van der Waals surface area contributed by atoms with Crippen LogP contribution in [0.3, 0.4) is 0 Å². The predicted molar refractivity (Wildman–Crippen MR) is 85.8 cm³/mol. The lowest BCUT2D eigenvalue weighted by atomic mass is 9.68. The number of rotatable bonds is 4. The average molecular weight is 328 g/mol. The van der Waals surface area contributed by atoms with Crippen molar-refractivity contribution in [2.45, 2.75) is 38.1 Å². The molecule has 2 saturated heterocycles. The number of carbonyl (C=O) groups excluding carboxylic acids is 2. The minimum Gasteiger partial charge on any atom is -0.466 e. The summed E-state index contributed by atoms with van der Waals surface area (Å²) in [7, 11) is 0. The van der Waals surface area contributed by atoms with Crippen molar-refractivity contribution in [1.29, 1.82) is 0 Å². The summed E-state index contributed by atoms with van der Waals surface area (Å²) in [4.78, 5) is 25.0. The van der Waals surface area contributed by atoms with Gasteiger partial charge in [0.25, 0.3) is 0 Å². The van der Waals surface area contributed by atoms with Gasteiger partial charge in [0.1, 0.15) is 23.5 Å². The Balaban J connectivity index is 1.83. The van der Waals surface area contributed by atoms with Crippen LogP contribution in [0, 0.1) is 11.8 Å². The van der Waals surface area contributed by atoms with Gasteiger partial charge < -0.3 is 14.2 Å². The molecule has 0 N–H and O–H groups in total. The highest BCUT2D eigenvalue weighted by atomic mass is 16.6. The minimum atomic E-state index is -0.880. The number of ether oxygens (including phenoxy) is 3. The first kappa shape index (κ1) is 15.4. The quantitative estimate of drug-likeness (QED) is 0.794. The second-order valence-electron chi connectivity index (χ2n) is 6.41. The molecule has 1 spiro atoms. The van der Waals surface area contributed by atoms with Crippen molar-refractivity contribution in [3.8, 4) is 0 Å². The molecule has 2 bridgehead atoms. The Morgan fingerprint density at radius 3 is 2.67 bits per heavy atom. The molecular weight excluding hydrogens is 308 g/mol. The highest BCUT2D eigenvalue weighted by Gasteiger charge is 2.73.